The van der Waals surface area contributed by atoms with Gasteiger partial charge < -0.3 is 30.3 Å². The zero-order chi connectivity index (χ0) is 42.9. The Kier molecular flexibility index (Phi) is 12.1. The molecule has 3 aliphatic rings. The first kappa shape index (κ1) is 41.9. The number of fused-ring (bicyclic) bond motifs is 2. The highest BCUT2D eigenvalue weighted by Gasteiger charge is 2.34. The topological polar surface area (TPSA) is 205 Å². The van der Waals surface area contributed by atoms with Crippen molar-refractivity contribution in [2.75, 3.05) is 74.6 Å². The number of nitrogens with one attached hydrogen (secondary N) is 3. The third-order valence-corrected chi connectivity index (χ3v) is 12.3. The van der Waals surface area contributed by atoms with Gasteiger partial charge in [-0.25, -0.2) is 9.97 Å². The highest BCUT2D eigenvalue weighted by Crippen LogP contribution is 2.36. The summed E-state index contributed by atoms with van der Waals surface area (Å²) in [7, 11) is 3.39. The van der Waals surface area contributed by atoms with E-state index in [2.05, 4.69) is 46.7 Å². The molecule has 0 spiro atoms. The SMILES string of the molecule is CNC(=O)COc1cc2cc(Nc3nc(N4CCC(CN5CCN(c6cccc7c(C8CCC(=O)NC8=O)nn(C)c67)CC5CO)CC4)ncc3Cl)cnc2n(C(C)C)c1=O. The van der Waals surface area contributed by atoms with Gasteiger partial charge in [-0.1, -0.05) is 23.7 Å². The lowest BCUT2D eigenvalue weighted by Crippen LogP contribution is -2.56. The van der Waals surface area contributed by atoms with Crippen molar-refractivity contribution in [3.05, 3.63) is 63.8 Å². The summed E-state index contributed by atoms with van der Waals surface area (Å²) in [4.78, 5) is 70.5. The van der Waals surface area contributed by atoms with E-state index in [9.17, 15) is 24.3 Å². The average molecular weight is 855 g/mol. The minimum Gasteiger partial charge on any atom is -0.478 e. The number of piperidine rings is 2. The molecule has 4 aromatic heterocycles. The van der Waals surface area contributed by atoms with Crippen LogP contribution in [0, 0.1) is 5.92 Å². The number of piperazine rings is 1. The summed E-state index contributed by atoms with van der Waals surface area (Å²) in [6.07, 6.45) is 5.80. The van der Waals surface area contributed by atoms with E-state index in [4.69, 9.17) is 26.4 Å². The first-order chi connectivity index (χ1) is 29.4. The number of nitrogens with zero attached hydrogens (tertiary/aromatic N) is 9. The molecule has 3 fully saturated rings. The number of anilines is 4. The van der Waals surface area contributed by atoms with Gasteiger partial charge in [-0.2, -0.15) is 10.1 Å². The summed E-state index contributed by atoms with van der Waals surface area (Å²) in [5, 5.41) is 25.5. The van der Waals surface area contributed by atoms with Crippen molar-refractivity contribution in [1.29, 1.82) is 0 Å². The standard InChI is InChI=1S/C42H51ClN12O6/c1-24(2)55-39-26(17-33(41(55)60)61-23-35(58)44-3)16-27(18-45-39)47-38-31(43)19-46-42(49-38)52-12-10-25(11-13-52)20-53-14-15-54(21-28(53)22-56)32-7-5-6-29-36(50-51(4)37(29)32)30-8-9-34(57)48-40(30)59/h5-7,16-19,24-25,28,30,56H,8-15,20-23H2,1-4H3,(H,44,58)(H,46,47,49)(H,48,57,59). The quantitative estimate of drug-likeness (QED) is 0.133. The number of aliphatic hydroxyl groups excluding tert-OH is 1. The molecule has 3 saturated heterocycles. The number of halogens is 1. The number of carbonyl (C=O) groups is 3. The zero-order valence-corrected chi connectivity index (χ0v) is 35.5. The summed E-state index contributed by atoms with van der Waals surface area (Å²) in [5.41, 5.74) is 3.34. The van der Waals surface area contributed by atoms with Gasteiger partial charge in [-0.05, 0) is 57.2 Å². The van der Waals surface area contributed by atoms with E-state index in [1.165, 1.54) is 11.6 Å². The van der Waals surface area contributed by atoms with Crippen molar-refractivity contribution in [3.63, 3.8) is 0 Å². The minimum absolute atomic E-state index is 0.0311. The average Bonchev–Trinajstić information content (AvgIpc) is 3.59. The Morgan fingerprint density at radius 2 is 1.85 bits per heavy atom. The van der Waals surface area contributed by atoms with Crippen LogP contribution in [0.25, 0.3) is 21.9 Å². The first-order valence-corrected chi connectivity index (χ1v) is 21.1. The molecular weight excluding hydrogens is 804 g/mol. The zero-order valence-electron chi connectivity index (χ0n) is 34.7. The maximum absolute atomic E-state index is 13.2. The van der Waals surface area contributed by atoms with Crippen LogP contribution in [0.1, 0.15) is 57.2 Å². The van der Waals surface area contributed by atoms with E-state index in [1.54, 1.807) is 18.5 Å². The summed E-state index contributed by atoms with van der Waals surface area (Å²) < 4.78 is 8.96. The lowest BCUT2D eigenvalue weighted by Gasteiger charge is -2.44. The predicted molar refractivity (Wildman–Crippen MR) is 232 cm³/mol. The number of aromatic nitrogens is 6. The highest BCUT2D eigenvalue weighted by atomic mass is 35.5. The molecule has 1 aromatic carbocycles. The van der Waals surface area contributed by atoms with Gasteiger partial charge in [0.2, 0.25) is 17.8 Å². The number of ether oxygens (including phenoxy) is 1. The van der Waals surface area contributed by atoms with Gasteiger partial charge in [0.15, 0.2) is 18.2 Å². The molecule has 18 nitrogen and oxygen atoms in total. The molecule has 0 radical (unpaired) electrons. The van der Waals surface area contributed by atoms with E-state index in [1.807, 2.05) is 43.8 Å². The highest BCUT2D eigenvalue weighted by molar-refractivity contribution is 6.33. The lowest BCUT2D eigenvalue weighted by molar-refractivity contribution is -0.134. The third kappa shape index (κ3) is 8.56. The van der Waals surface area contributed by atoms with Gasteiger partial charge in [0.25, 0.3) is 11.5 Å². The van der Waals surface area contributed by atoms with Crippen molar-refractivity contribution in [1.82, 2.24) is 44.8 Å². The number of para-hydroxylation sites is 1. The number of pyridine rings is 2. The van der Waals surface area contributed by atoms with Crippen molar-refractivity contribution < 1.29 is 24.2 Å². The number of imide groups is 1. The first-order valence-electron chi connectivity index (χ1n) is 20.7. The monoisotopic (exact) mass is 854 g/mol. The molecule has 19 heteroatoms. The number of hydrogen-bond acceptors (Lipinski definition) is 14. The van der Waals surface area contributed by atoms with Crippen LogP contribution in [-0.2, 0) is 21.4 Å². The molecule has 5 aromatic rings. The summed E-state index contributed by atoms with van der Waals surface area (Å²) in [5.74, 6) is 0.0727. The molecule has 2 unspecified atom stereocenters. The molecule has 8 rings (SSSR count). The largest absolute Gasteiger partial charge is 0.478 e. The third-order valence-electron chi connectivity index (χ3n) is 12.0. The Bertz CT molecular complexity index is 2540. The fraction of sp³-hybridized carbons (Fsp3) is 0.476. The van der Waals surface area contributed by atoms with Crippen LogP contribution in [0.4, 0.5) is 23.1 Å². The van der Waals surface area contributed by atoms with Gasteiger partial charge in [0, 0.05) is 76.6 Å². The van der Waals surface area contributed by atoms with Crippen molar-refractivity contribution >= 4 is 74.4 Å². The fourth-order valence-corrected chi connectivity index (χ4v) is 8.92. The summed E-state index contributed by atoms with van der Waals surface area (Å²) in [6, 6.07) is 9.21. The van der Waals surface area contributed by atoms with Gasteiger partial charge >= 0.3 is 0 Å². The molecule has 3 amide bonds. The normalized spacial score (nSPS) is 19.2. The van der Waals surface area contributed by atoms with Crippen molar-refractivity contribution in [2.45, 2.75) is 57.5 Å². The molecule has 61 heavy (non-hydrogen) atoms. The maximum Gasteiger partial charge on any atom is 0.294 e. The Labute approximate surface area is 357 Å². The second kappa shape index (κ2) is 17.6. The van der Waals surface area contributed by atoms with Crippen LogP contribution in [0.2, 0.25) is 5.02 Å². The van der Waals surface area contributed by atoms with Gasteiger partial charge in [-0.15, -0.1) is 0 Å². The van der Waals surface area contributed by atoms with Crippen LogP contribution in [0.3, 0.4) is 0 Å². The molecule has 3 aliphatic heterocycles. The molecular formula is C42H51ClN12O6. The van der Waals surface area contributed by atoms with Crippen LogP contribution in [0.15, 0.2) is 47.5 Å². The molecule has 0 bridgehead atoms. The molecule has 2 atom stereocenters. The lowest BCUT2D eigenvalue weighted by atomic mass is 9.92. The minimum atomic E-state index is -0.476. The molecule has 322 valence electrons. The van der Waals surface area contributed by atoms with E-state index in [0.29, 0.717) is 64.5 Å². The van der Waals surface area contributed by atoms with Crippen LogP contribution >= 0.6 is 11.6 Å². The second-order valence-electron chi connectivity index (χ2n) is 16.3. The summed E-state index contributed by atoms with van der Waals surface area (Å²) >= 11 is 6.60. The maximum atomic E-state index is 13.2. The van der Waals surface area contributed by atoms with Crippen molar-refractivity contribution in [2.24, 2.45) is 13.0 Å². The Morgan fingerprint density at radius 1 is 1.05 bits per heavy atom. The van der Waals surface area contributed by atoms with Crippen LogP contribution < -0.4 is 36.0 Å². The molecule has 7 heterocycles. The molecule has 4 N–H and O–H groups in total. The Balaban J connectivity index is 0.904. The number of aliphatic hydroxyl groups is 1. The van der Waals surface area contributed by atoms with Gasteiger partial charge in [0.05, 0.1) is 53.5 Å². The van der Waals surface area contributed by atoms with E-state index >= 15 is 0 Å². The van der Waals surface area contributed by atoms with E-state index in [-0.39, 0.29) is 54.3 Å². The molecule has 0 aliphatic carbocycles. The van der Waals surface area contributed by atoms with Crippen molar-refractivity contribution in [3.8, 4) is 5.75 Å². The number of likely N-dealkylation sites (N-methyl/N-ethyl adjacent to an activating group) is 1. The van der Waals surface area contributed by atoms with Crippen LogP contribution in [-0.4, -0.2) is 123 Å². The Morgan fingerprint density at radius 3 is 2.59 bits per heavy atom. The van der Waals surface area contributed by atoms with E-state index in [0.717, 1.165) is 62.2 Å². The smallest absolute Gasteiger partial charge is 0.294 e. The van der Waals surface area contributed by atoms with Crippen LogP contribution in [0.5, 0.6) is 5.75 Å². The number of amides is 3. The Hall–Kier alpha value is -5.85. The van der Waals surface area contributed by atoms with Gasteiger partial charge in [0.1, 0.15) is 10.7 Å². The second-order valence-corrected chi connectivity index (χ2v) is 16.7. The number of rotatable bonds is 12. The number of carbonyl (C=O) groups excluding carboxylic acids is 3. The van der Waals surface area contributed by atoms with Gasteiger partial charge in [-0.3, -0.25) is 38.6 Å². The summed E-state index contributed by atoms with van der Waals surface area (Å²) in [6.45, 7) is 8.11. The van der Waals surface area contributed by atoms with E-state index < -0.39 is 5.92 Å². The predicted octanol–water partition coefficient (Wildman–Crippen LogP) is 3.10. The number of hydrogen-bond donors (Lipinski definition) is 4. The fourth-order valence-electron chi connectivity index (χ4n) is 8.78. The molecule has 0 saturated carbocycles. The number of aryl methyl sites for hydroxylation is 1. The number of benzene rings is 1.